The van der Waals surface area contributed by atoms with Crippen LogP contribution in [-0.4, -0.2) is 9.97 Å². The lowest BCUT2D eigenvalue weighted by Gasteiger charge is -2.35. The minimum absolute atomic E-state index is 0.212. The first-order valence-corrected chi connectivity index (χ1v) is 8.24. The summed E-state index contributed by atoms with van der Waals surface area (Å²) in [5.41, 5.74) is 8.48. The van der Waals surface area contributed by atoms with Crippen LogP contribution in [0.15, 0.2) is 29.9 Å². The van der Waals surface area contributed by atoms with Crippen LogP contribution in [0.4, 0.5) is 0 Å². The molecule has 106 valence electrons. The number of hydrogen-bond acceptors (Lipinski definition) is 4. The van der Waals surface area contributed by atoms with Crippen molar-refractivity contribution in [2.24, 2.45) is 11.7 Å². The fraction of sp³-hybridized carbons (Fsp3) is 0.500. The summed E-state index contributed by atoms with van der Waals surface area (Å²) in [5, 5.41) is 3.19. The van der Waals surface area contributed by atoms with E-state index in [9.17, 15) is 0 Å². The average molecular weight is 287 g/mol. The van der Waals surface area contributed by atoms with Crippen molar-refractivity contribution < 1.29 is 0 Å². The zero-order chi connectivity index (χ0) is 14.0. The zero-order valence-corrected chi connectivity index (χ0v) is 12.7. The van der Waals surface area contributed by atoms with Gasteiger partial charge in [-0.15, -0.1) is 11.3 Å². The number of aromatic nitrogens is 2. The highest BCUT2D eigenvalue weighted by molar-refractivity contribution is 7.10. The smallest absolute Gasteiger partial charge is 0.113 e. The van der Waals surface area contributed by atoms with Gasteiger partial charge in [-0.2, -0.15) is 0 Å². The van der Waals surface area contributed by atoms with Crippen LogP contribution in [0.3, 0.4) is 0 Å². The van der Waals surface area contributed by atoms with Gasteiger partial charge in [0.25, 0.3) is 0 Å². The van der Waals surface area contributed by atoms with Gasteiger partial charge in [-0.1, -0.05) is 13.3 Å². The van der Waals surface area contributed by atoms with E-state index < -0.39 is 0 Å². The predicted octanol–water partition coefficient (Wildman–Crippen LogP) is 3.96. The van der Waals surface area contributed by atoms with Gasteiger partial charge in [0.1, 0.15) is 5.01 Å². The standard InChI is InChI=1S/C16H21N3S/c1-2-12-5-7-16(17,8-6-12)15-19-14(11-20-15)13-4-3-9-18-10-13/h3-4,9-12H,2,5-8,17H2,1H3. The van der Waals surface area contributed by atoms with Gasteiger partial charge >= 0.3 is 0 Å². The normalized spacial score (nSPS) is 26.6. The largest absolute Gasteiger partial charge is 0.319 e. The Morgan fingerprint density at radius 3 is 2.85 bits per heavy atom. The van der Waals surface area contributed by atoms with Crippen molar-refractivity contribution in [1.29, 1.82) is 0 Å². The minimum Gasteiger partial charge on any atom is -0.319 e. The molecule has 3 rings (SSSR count). The lowest BCUT2D eigenvalue weighted by atomic mass is 9.76. The Bertz CT molecular complexity index is 556. The van der Waals surface area contributed by atoms with Crippen LogP contribution in [0, 0.1) is 5.92 Å². The molecule has 1 aliphatic rings. The highest BCUT2D eigenvalue weighted by atomic mass is 32.1. The average Bonchev–Trinajstić information content (AvgIpc) is 3.00. The van der Waals surface area contributed by atoms with Gasteiger partial charge < -0.3 is 5.73 Å². The van der Waals surface area contributed by atoms with Crippen molar-refractivity contribution in [3.8, 4) is 11.3 Å². The Kier molecular flexibility index (Phi) is 3.85. The SMILES string of the molecule is CCC1CCC(N)(c2nc(-c3cccnc3)cs2)CC1. The number of thiazole rings is 1. The third kappa shape index (κ3) is 2.63. The highest BCUT2D eigenvalue weighted by Crippen LogP contribution is 2.40. The third-order valence-electron chi connectivity index (χ3n) is 4.46. The Morgan fingerprint density at radius 1 is 1.40 bits per heavy atom. The van der Waals surface area contributed by atoms with E-state index in [-0.39, 0.29) is 5.54 Å². The van der Waals surface area contributed by atoms with Crippen LogP contribution in [0.5, 0.6) is 0 Å². The molecule has 2 aromatic rings. The van der Waals surface area contributed by atoms with Crippen LogP contribution < -0.4 is 5.73 Å². The highest BCUT2D eigenvalue weighted by Gasteiger charge is 2.35. The summed E-state index contributed by atoms with van der Waals surface area (Å²) in [5.74, 6) is 0.851. The molecule has 4 heteroatoms. The fourth-order valence-corrected chi connectivity index (χ4v) is 3.97. The Hall–Kier alpha value is -1.26. The summed E-state index contributed by atoms with van der Waals surface area (Å²) in [6.45, 7) is 2.28. The van der Waals surface area contributed by atoms with Crippen LogP contribution in [0.25, 0.3) is 11.3 Å². The molecule has 2 aromatic heterocycles. The van der Waals surface area contributed by atoms with Crippen LogP contribution in [-0.2, 0) is 5.54 Å². The quantitative estimate of drug-likeness (QED) is 0.929. The van der Waals surface area contributed by atoms with E-state index >= 15 is 0 Å². The number of rotatable bonds is 3. The second kappa shape index (κ2) is 5.62. The van der Waals surface area contributed by atoms with Crippen molar-refractivity contribution in [2.45, 2.75) is 44.6 Å². The minimum atomic E-state index is -0.212. The van der Waals surface area contributed by atoms with Gasteiger partial charge in [-0.25, -0.2) is 4.98 Å². The van der Waals surface area contributed by atoms with Crippen LogP contribution >= 0.6 is 11.3 Å². The molecule has 1 saturated carbocycles. The molecule has 0 unspecified atom stereocenters. The number of nitrogens with zero attached hydrogens (tertiary/aromatic N) is 2. The lowest BCUT2D eigenvalue weighted by Crippen LogP contribution is -2.40. The maximum absolute atomic E-state index is 6.62. The van der Waals surface area contributed by atoms with Crippen LogP contribution in [0.1, 0.15) is 44.0 Å². The van der Waals surface area contributed by atoms with E-state index in [4.69, 9.17) is 10.7 Å². The van der Waals surface area contributed by atoms with E-state index in [1.807, 2.05) is 18.3 Å². The molecule has 0 aliphatic heterocycles. The second-order valence-corrected chi connectivity index (χ2v) is 6.65. The van der Waals surface area contributed by atoms with E-state index in [1.54, 1.807) is 17.5 Å². The van der Waals surface area contributed by atoms with Crippen molar-refractivity contribution >= 4 is 11.3 Å². The topological polar surface area (TPSA) is 51.8 Å². The molecule has 0 radical (unpaired) electrons. The van der Waals surface area contributed by atoms with Crippen LogP contribution in [0.2, 0.25) is 0 Å². The number of hydrogen-bond donors (Lipinski definition) is 1. The maximum Gasteiger partial charge on any atom is 0.113 e. The predicted molar refractivity (Wildman–Crippen MR) is 83.5 cm³/mol. The molecule has 0 aromatic carbocycles. The summed E-state index contributed by atoms with van der Waals surface area (Å²) in [6, 6.07) is 3.99. The van der Waals surface area contributed by atoms with Gasteiger partial charge in [0.15, 0.2) is 0 Å². The summed E-state index contributed by atoms with van der Waals surface area (Å²) in [6.07, 6.45) is 9.50. The number of pyridine rings is 1. The molecule has 3 nitrogen and oxygen atoms in total. The molecule has 1 aliphatic carbocycles. The molecule has 20 heavy (non-hydrogen) atoms. The summed E-state index contributed by atoms with van der Waals surface area (Å²) < 4.78 is 0. The molecule has 1 fully saturated rings. The molecular weight excluding hydrogens is 266 g/mol. The molecule has 2 heterocycles. The van der Waals surface area contributed by atoms with E-state index in [1.165, 1.54) is 19.3 Å². The third-order valence-corrected chi connectivity index (χ3v) is 5.52. The summed E-state index contributed by atoms with van der Waals surface area (Å²) in [4.78, 5) is 8.93. The monoisotopic (exact) mass is 287 g/mol. The Labute approximate surface area is 124 Å². The maximum atomic E-state index is 6.62. The summed E-state index contributed by atoms with van der Waals surface area (Å²) in [7, 11) is 0. The van der Waals surface area contributed by atoms with Gasteiger partial charge in [0.05, 0.1) is 11.2 Å². The molecule has 0 saturated heterocycles. The van der Waals surface area contributed by atoms with Gasteiger partial charge in [0, 0.05) is 23.3 Å². The molecule has 0 amide bonds. The lowest BCUT2D eigenvalue weighted by molar-refractivity contribution is 0.231. The van der Waals surface area contributed by atoms with Crippen molar-refractivity contribution in [2.75, 3.05) is 0 Å². The molecule has 0 atom stereocenters. The zero-order valence-electron chi connectivity index (χ0n) is 11.9. The van der Waals surface area contributed by atoms with E-state index in [0.717, 1.165) is 35.0 Å². The molecule has 2 N–H and O–H groups in total. The Balaban J connectivity index is 1.80. The summed E-state index contributed by atoms with van der Waals surface area (Å²) >= 11 is 1.69. The fourth-order valence-electron chi connectivity index (χ4n) is 2.96. The van der Waals surface area contributed by atoms with Crippen molar-refractivity contribution in [3.05, 3.63) is 34.9 Å². The molecule has 0 spiro atoms. The van der Waals surface area contributed by atoms with Gasteiger partial charge in [-0.05, 0) is 43.7 Å². The first kappa shape index (κ1) is 13.7. The van der Waals surface area contributed by atoms with Gasteiger partial charge in [0.2, 0.25) is 0 Å². The van der Waals surface area contributed by atoms with Gasteiger partial charge in [-0.3, -0.25) is 4.98 Å². The van der Waals surface area contributed by atoms with Crippen molar-refractivity contribution in [1.82, 2.24) is 9.97 Å². The molecule has 0 bridgehead atoms. The van der Waals surface area contributed by atoms with Crippen molar-refractivity contribution in [3.63, 3.8) is 0 Å². The van der Waals surface area contributed by atoms with E-state index in [2.05, 4.69) is 17.3 Å². The Morgan fingerprint density at radius 2 is 2.20 bits per heavy atom. The van der Waals surface area contributed by atoms with E-state index in [0.29, 0.717) is 0 Å². The molecular formula is C16H21N3S. The second-order valence-electron chi connectivity index (χ2n) is 5.79. The first-order chi connectivity index (χ1) is 9.71. The number of nitrogens with two attached hydrogens (primary N) is 1. The first-order valence-electron chi connectivity index (χ1n) is 7.36.